The summed E-state index contributed by atoms with van der Waals surface area (Å²) in [5, 5.41) is -0.390. The van der Waals surface area contributed by atoms with E-state index in [2.05, 4.69) is 0 Å². The van der Waals surface area contributed by atoms with Gasteiger partial charge in [0.15, 0.2) is 0 Å². The van der Waals surface area contributed by atoms with Crippen molar-refractivity contribution < 1.29 is 22.0 Å². The maximum atomic E-state index is 13.4. The fourth-order valence-electron chi connectivity index (χ4n) is 1.50. The highest BCUT2D eigenvalue weighted by Gasteiger charge is 2.27. The quantitative estimate of drug-likeness (QED) is 0.646. The Morgan fingerprint density at radius 2 is 1.78 bits per heavy atom. The van der Waals surface area contributed by atoms with E-state index in [1.165, 1.54) is 0 Å². The largest absolute Gasteiger partial charge is 0.389 e. The molecule has 18 heavy (non-hydrogen) atoms. The van der Waals surface area contributed by atoms with Crippen LogP contribution in [0.25, 0.3) is 0 Å². The highest BCUT2D eigenvalue weighted by molar-refractivity contribution is 6.30. The summed E-state index contributed by atoms with van der Waals surface area (Å²) in [6, 6.07) is 0.588. The van der Waals surface area contributed by atoms with Gasteiger partial charge in [0.05, 0.1) is 5.02 Å². The first-order chi connectivity index (χ1) is 8.20. The van der Waals surface area contributed by atoms with Crippen molar-refractivity contribution in [3.8, 4) is 0 Å². The van der Waals surface area contributed by atoms with Crippen LogP contribution in [0.5, 0.6) is 0 Å². The number of rotatable bonds is 4. The second kappa shape index (κ2) is 5.84. The van der Waals surface area contributed by atoms with Crippen LogP contribution in [0.4, 0.5) is 22.0 Å². The summed E-state index contributed by atoms with van der Waals surface area (Å²) in [6.07, 6.45) is -5.60. The van der Waals surface area contributed by atoms with Crippen LogP contribution in [-0.4, -0.2) is 6.18 Å². The van der Waals surface area contributed by atoms with Gasteiger partial charge < -0.3 is 5.73 Å². The Bertz CT molecular complexity index is 419. The first-order valence-corrected chi connectivity index (χ1v) is 5.55. The molecule has 0 spiro atoms. The van der Waals surface area contributed by atoms with Gasteiger partial charge in [0, 0.05) is 18.0 Å². The molecule has 1 aromatic carbocycles. The number of hydrogen-bond acceptors (Lipinski definition) is 1. The average Bonchev–Trinajstić information content (AvgIpc) is 2.21. The van der Waals surface area contributed by atoms with Crippen molar-refractivity contribution in [1.82, 2.24) is 0 Å². The maximum Gasteiger partial charge on any atom is 0.389 e. The number of nitrogens with two attached hydrogens (primary N) is 1. The zero-order valence-corrected chi connectivity index (χ0v) is 9.95. The van der Waals surface area contributed by atoms with Crippen LogP contribution in [0.2, 0.25) is 5.02 Å². The number of alkyl halides is 3. The monoisotopic (exact) mass is 287 g/mol. The molecule has 0 aliphatic rings. The van der Waals surface area contributed by atoms with E-state index in [0.717, 1.165) is 12.1 Å². The van der Waals surface area contributed by atoms with E-state index in [9.17, 15) is 22.0 Å². The topological polar surface area (TPSA) is 26.0 Å². The van der Waals surface area contributed by atoms with Crippen LogP contribution in [0.3, 0.4) is 0 Å². The second-order valence-electron chi connectivity index (χ2n) is 3.90. The van der Waals surface area contributed by atoms with E-state index >= 15 is 0 Å². The summed E-state index contributed by atoms with van der Waals surface area (Å²) in [5.41, 5.74) is 5.36. The van der Waals surface area contributed by atoms with E-state index in [0.29, 0.717) is 0 Å². The molecule has 0 heterocycles. The molecule has 0 saturated carbocycles. The minimum Gasteiger partial charge on any atom is -0.324 e. The molecule has 0 radical (unpaired) electrons. The summed E-state index contributed by atoms with van der Waals surface area (Å²) < 4.78 is 62.2. The lowest BCUT2D eigenvalue weighted by atomic mass is 10.0. The number of halogens is 6. The predicted octanol–water partition coefficient (Wildman–Crippen LogP) is 4.35. The Morgan fingerprint density at radius 1 is 1.17 bits per heavy atom. The molecule has 1 unspecified atom stereocenters. The molecule has 0 amide bonds. The van der Waals surface area contributed by atoms with Gasteiger partial charge in [-0.1, -0.05) is 11.6 Å². The Kier molecular flexibility index (Phi) is 4.92. The van der Waals surface area contributed by atoms with Gasteiger partial charge in [0.2, 0.25) is 0 Å². The molecule has 0 aliphatic carbocycles. The molecule has 1 nitrogen and oxygen atoms in total. The van der Waals surface area contributed by atoms with E-state index < -0.39 is 35.3 Å². The smallest absolute Gasteiger partial charge is 0.324 e. The molecule has 1 rings (SSSR count). The number of benzene rings is 1. The molecule has 0 bridgehead atoms. The zero-order chi connectivity index (χ0) is 13.9. The molecule has 0 aliphatic heterocycles. The van der Waals surface area contributed by atoms with Crippen molar-refractivity contribution in [2.45, 2.75) is 31.5 Å². The van der Waals surface area contributed by atoms with Crippen LogP contribution in [0.1, 0.15) is 30.9 Å². The molecule has 2 N–H and O–H groups in total. The van der Waals surface area contributed by atoms with Gasteiger partial charge in [-0.25, -0.2) is 8.78 Å². The SMILES string of the molecule is NC(CCCC(F)(F)F)c1cc(F)c(Cl)cc1F. The van der Waals surface area contributed by atoms with E-state index in [4.69, 9.17) is 17.3 Å². The van der Waals surface area contributed by atoms with Gasteiger partial charge >= 0.3 is 6.18 Å². The van der Waals surface area contributed by atoms with Gasteiger partial charge in [0.1, 0.15) is 11.6 Å². The molecular weight excluding hydrogens is 277 g/mol. The Hall–Kier alpha value is -0.880. The molecular formula is C11H11ClF5N. The maximum absolute atomic E-state index is 13.4. The zero-order valence-electron chi connectivity index (χ0n) is 9.20. The Morgan fingerprint density at radius 3 is 2.33 bits per heavy atom. The van der Waals surface area contributed by atoms with Gasteiger partial charge in [-0.05, 0) is 25.0 Å². The van der Waals surface area contributed by atoms with E-state index in [1.807, 2.05) is 0 Å². The van der Waals surface area contributed by atoms with Crippen molar-refractivity contribution >= 4 is 11.6 Å². The fraction of sp³-hybridized carbons (Fsp3) is 0.455. The summed E-state index contributed by atoms with van der Waals surface area (Å²) in [7, 11) is 0. The first-order valence-electron chi connectivity index (χ1n) is 5.17. The molecule has 1 atom stereocenters. The van der Waals surface area contributed by atoms with Gasteiger partial charge in [-0.3, -0.25) is 0 Å². The predicted molar refractivity (Wildman–Crippen MR) is 58.2 cm³/mol. The lowest BCUT2D eigenvalue weighted by Gasteiger charge is -2.14. The number of hydrogen-bond donors (Lipinski definition) is 1. The third-order valence-corrected chi connectivity index (χ3v) is 2.70. The minimum atomic E-state index is -4.27. The first kappa shape index (κ1) is 15.2. The normalized spacial score (nSPS) is 13.7. The van der Waals surface area contributed by atoms with Crippen LogP contribution in [-0.2, 0) is 0 Å². The van der Waals surface area contributed by atoms with Crippen molar-refractivity contribution in [3.63, 3.8) is 0 Å². The highest BCUT2D eigenvalue weighted by atomic mass is 35.5. The molecule has 0 saturated heterocycles. The average molecular weight is 288 g/mol. The van der Waals surface area contributed by atoms with Crippen LogP contribution >= 0.6 is 11.6 Å². The summed E-state index contributed by atoms with van der Waals surface area (Å²) in [4.78, 5) is 0. The van der Waals surface area contributed by atoms with Gasteiger partial charge in [0.25, 0.3) is 0 Å². The third kappa shape index (κ3) is 4.42. The third-order valence-electron chi connectivity index (χ3n) is 2.41. The Labute approximate surface area is 106 Å². The van der Waals surface area contributed by atoms with Crippen LogP contribution < -0.4 is 5.73 Å². The van der Waals surface area contributed by atoms with Crippen molar-refractivity contribution in [3.05, 3.63) is 34.4 Å². The van der Waals surface area contributed by atoms with Gasteiger partial charge in [-0.2, -0.15) is 13.2 Å². The van der Waals surface area contributed by atoms with E-state index in [1.54, 1.807) is 0 Å². The van der Waals surface area contributed by atoms with Crippen LogP contribution in [0, 0.1) is 11.6 Å². The second-order valence-corrected chi connectivity index (χ2v) is 4.31. The molecule has 102 valence electrons. The van der Waals surface area contributed by atoms with E-state index in [-0.39, 0.29) is 18.4 Å². The lowest BCUT2D eigenvalue weighted by Crippen LogP contribution is -2.14. The summed E-state index contributed by atoms with van der Waals surface area (Å²) >= 11 is 5.35. The van der Waals surface area contributed by atoms with Crippen LogP contribution in [0.15, 0.2) is 12.1 Å². The van der Waals surface area contributed by atoms with Crippen molar-refractivity contribution in [2.75, 3.05) is 0 Å². The van der Waals surface area contributed by atoms with Crippen molar-refractivity contribution in [2.24, 2.45) is 5.73 Å². The lowest BCUT2D eigenvalue weighted by molar-refractivity contribution is -0.135. The molecule has 0 fully saturated rings. The minimum absolute atomic E-state index is 0.0858. The standard InChI is InChI=1S/C11H11ClF5N/c12-7-5-8(13)6(4-9(7)14)10(18)2-1-3-11(15,16)17/h4-5,10H,1-3,18H2. The van der Waals surface area contributed by atoms with Gasteiger partial charge in [-0.15, -0.1) is 0 Å². The highest BCUT2D eigenvalue weighted by Crippen LogP contribution is 2.28. The summed E-state index contributed by atoms with van der Waals surface area (Å²) in [6.45, 7) is 0. The molecule has 7 heteroatoms. The molecule has 1 aromatic rings. The Balaban J connectivity index is 2.67. The summed E-state index contributed by atoms with van der Waals surface area (Å²) in [5.74, 6) is -1.67. The van der Waals surface area contributed by atoms with Crippen molar-refractivity contribution in [1.29, 1.82) is 0 Å². The fourth-order valence-corrected chi connectivity index (χ4v) is 1.65. The molecule has 0 aromatic heterocycles.